The molecule has 0 aromatic rings. The van der Waals surface area contributed by atoms with Gasteiger partial charge in [-0.05, 0) is 31.9 Å². The molecule has 0 saturated carbocycles. The van der Waals surface area contributed by atoms with E-state index < -0.39 is 0 Å². The summed E-state index contributed by atoms with van der Waals surface area (Å²) in [5.41, 5.74) is 5.32. The molecule has 0 aromatic heterocycles. The summed E-state index contributed by atoms with van der Waals surface area (Å²) in [6.45, 7) is 11.4. The van der Waals surface area contributed by atoms with Gasteiger partial charge in [0.15, 0.2) is 0 Å². The van der Waals surface area contributed by atoms with E-state index >= 15 is 0 Å². The van der Waals surface area contributed by atoms with Crippen LogP contribution in [-0.2, 0) is 0 Å². The molecule has 0 saturated heterocycles. The van der Waals surface area contributed by atoms with E-state index in [-0.39, 0.29) is 0 Å². The molecule has 10 heavy (non-hydrogen) atoms. The van der Waals surface area contributed by atoms with Crippen LogP contribution < -0.4 is 0 Å². The van der Waals surface area contributed by atoms with Crippen LogP contribution in [-0.4, -0.2) is 0 Å². The maximum absolute atomic E-state index is 3.77. The van der Waals surface area contributed by atoms with Gasteiger partial charge in [0.25, 0.3) is 0 Å². The van der Waals surface area contributed by atoms with Gasteiger partial charge in [0.2, 0.25) is 0 Å². The lowest BCUT2D eigenvalue weighted by molar-refractivity contribution is 1.29. The zero-order valence-corrected chi connectivity index (χ0v) is 6.78. The molecule has 0 nitrogen and oxygen atoms in total. The van der Waals surface area contributed by atoms with Gasteiger partial charge in [-0.25, -0.2) is 0 Å². The van der Waals surface area contributed by atoms with Gasteiger partial charge in [-0.2, -0.15) is 0 Å². The zero-order chi connectivity index (χ0) is 7.98. The third kappa shape index (κ3) is 5.14. The van der Waals surface area contributed by atoms with Crippen molar-refractivity contribution >= 4 is 0 Å². The summed E-state index contributed by atoms with van der Waals surface area (Å²) in [7, 11) is 0. The lowest BCUT2D eigenvalue weighted by atomic mass is 10.2. The van der Waals surface area contributed by atoms with Gasteiger partial charge in [-0.1, -0.05) is 24.8 Å². The minimum atomic E-state index is 0.856. The van der Waals surface area contributed by atoms with Crippen LogP contribution in [0.5, 0.6) is 0 Å². The van der Waals surface area contributed by atoms with Crippen molar-refractivity contribution in [2.24, 2.45) is 0 Å². The highest BCUT2D eigenvalue weighted by atomic mass is 13.8. The molecule has 0 atom stereocenters. The Morgan fingerprint density at radius 3 is 2.50 bits per heavy atom. The normalized spacial score (nSPS) is 7.80. The van der Waals surface area contributed by atoms with Crippen LogP contribution in [0, 0.1) is 0 Å². The first kappa shape index (κ1) is 9.00. The molecule has 0 N–H and O–H groups in total. The van der Waals surface area contributed by atoms with Crippen molar-refractivity contribution < 1.29 is 0 Å². The fourth-order valence-corrected chi connectivity index (χ4v) is 0.470. The van der Waals surface area contributed by atoms with E-state index in [1.165, 1.54) is 5.57 Å². The van der Waals surface area contributed by atoms with Crippen LogP contribution in [0.15, 0.2) is 42.2 Å². The molecule has 0 heteroatoms. The highest BCUT2D eigenvalue weighted by molar-refractivity contribution is 5.15. The smallest absolute Gasteiger partial charge is 0.00273 e. The Morgan fingerprint density at radius 2 is 2.10 bits per heavy atom. The van der Waals surface area contributed by atoms with Gasteiger partial charge in [-0.3, -0.25) is 0 Å². The molecule has 0 spiro atoms. The molecule has 0 fully saturated rings. The van der Waals surface area contributed by atoms with Gasteiger partial charge < -0.3 is 0 Å². The number of allylic oxidation sites excluding steroid dienone is 3. The van der Waals surface area contributed by atoms with E-state index in [0.717, 1.165) is 12.0 Å². The fraction of sp³-hybridized carbons (Fsp3) is 0.300. The van der Waals surface area contributed by atoms with Crippen LogP contribution in [0.2, 0.25) is 0 Å². The minimum Gasteiger partial charge on any atom is -0.126 e. The predicted molar refractivity (Wildman–Crippen MR) is 46.9 cm³/mol. The van der Waals surface area contributed by atoms with Crippen LogP contribution in [0.4, 0.5) is 0 Å². The Bertz CT molecular complexity index is 184. The van der Waals surface area contributed by atoms with Gasteiger partial charge in [0.05, 0.1) is 0 Å². The maximum atomic E-state index is 3.77. The average molecular weight is 134 g/mol. The van der Waals surface area contributed by atoms with Gasteiger partial charge in [-0.15, -0.1) is 5.73 Å². The number of hydrogen-bond donors (Lipinski definition) is 0. The average Bonchev–Trinajstić information content (AvgIpc) is 1.87. The molecule has 0 aliphatic heterocycles. The Kier molecular flexibility index (Phi) is 4.36. The SMILES string of the molecule is C=CC(=C)CC=C=C(C)C. The Balaban J connectivity index is 3.86. The Morgan fingerprint density at radius 1 is 1.50 bits per heavy atom. The van der Waals surface area contributed by atoms with Crippen molar-refractivity contribution in [3.63, 3.8) is 0 Å². The van der Waals surface area contributed by atoms with Crippen LogP contribution >= 0.6 is 0 Å². The summed E-state index contributed by atoms with van der Waals surface area (Å²) >= 11 is 0. The summed E-state index contributed by atoms with van der Waals surface area (Å²) in [6, 6.07) is 0. The van der Waals surface area contributed by atoms with Crippen molar-refractivity contribution in [1.29, 1.82) is 0 Å². The van der Waals surface area contributed by atoms with Crippen molar-refractivity contribution in [1.82, 2.24) is 0 Å². The first-order valence-corrected chi connectivity index (χ1v) is 3.35. The summed E-state index contributed by atoms with van der Waals surface area (Å²) < 4.78 is 0. The fourth-order valence-electron chi connectivity index (χ4n) is 0.470. The third-order valence-corrected chi connectivity index (χ3v) is 1.04. The van der Waals surface area contributed by atoms with Gasteiger partial charge in [0.1, 0.15) is 0 Å². The van der Waals surface area contributed by atoms with E-state index in [1.807, 2.05) is 19.9 Å². The summed E-state index contributed by atoms with van der Waals surface area (Å²) in [5, 5.41) is 0. The van der Waals surface area contributed by atoms with E-state index in [9.17, 15) is 0 Å². The first-order valence-electron chi connectivity index (χ1n) is 3.35. The highest BCUT2D eigenvalue weighted by Gasteiger charge is 1.79. The van der Waals surface area contributed by atoms with Crippen molar-refractivity contribution in [2.45, 2.75) is 20.3 Å². The third-order valence-electron chi connectivity index (χ3n) is 1.04. The standard InChI is InChI=1S/C10H14/c1-5-10(4)8-6-7-9(2)3/h5-6H,1,4,8H2,2-3H3. The molecule has 0 rings (SSSR count). The molecule has 0 aliphatic carbocycles. The lowest BCUT2D eigenvalue weighted by Gasteiger charge is -1.87. The molecule has 0 bridgehead atoms. The van der Waals surface area contributed by atoms with E-state index in [1.54, 1.807) is 6.08 Å². The van der Waals surface area contributed by atoms with Crippen molar-refractivity contribution in [2.75, 3.05) is 0 Å². The number of hydrogen-bond acceptors (Lipinski definition) is 0. The Labute approximate surface area is 63.3 Å². The van der Waals surface area contributed by atoms with Crippen molar-refractivity contribution in [3.8, 4) is 0 Å². The monoisotopic (exact) mass is 134 g/mol. The molecular weight excluding hydrogens is 120 g/mol. The first-order chi connectivity index (χ1) is 4.66. The quantitative estimate of drug-likeness (QED) is 0.410. The second-order valence-corrected chi connectivity index (χ2v) is 2.41. The van der Waals surface area contributed by atoms with E-state index in [4.69, 9.17) is 0 Å². The topological polar surface area (TPSA) is 0 Å². The minimum absolute atomic E-state index is 0.856. The molecule has 0 radical (unpaired) electrons. The molecule has 0 amide bonds. The van der Waals surface area contributed by atoms with Crippen molar-refractivity contribution in [3.05, 3.63) is 42.2 Å². The molecular formula is C10H14. The second kappa shape index (κ2) is 4.84. The molecule has 0 aliphatic rings. The van der Waals surface area contributed by atoms with Crippen LogP contribution in [0.1, 0.15) is 20.3 Å². The van der Waals surface area contributed by atoms with Crippen LogP contribution in [0.25, 0.3) is 0 Å². The van der Waals surface area contributed by atoms with E-state index in [0.29, 0.717) is 0 Å². The maximum Gasteiger partial charge on any atom is -0.00273 e. The summed E-state index contributed by atoms with van der Waals surface area (Å²) in [5.74, 6) is 0. The predicted octanol–water partition coefficient (Wildman–Crippen LogP) is 3.24. The second-order valence-electron chi connectivity index (χ2n) is 2.41. The number of rotatable bonds is 3. The molecule has 0 aromatic carbocycles. The van der Waals surface area contributed by atoms with Gasteiger partial charge >= 0.3 is 0 Å². The highest BCUT2D eigenvalue weighted by Crippen LogP contribution is 1.98. The largest absolute Gasteiger partial charge is 0.126 e. The Hall–Kier alpha value is -1.00. The van der Waals surface area contributed by atoms with E-state index in [2.05, 4.69) is 18.9 Å². The molecule has 54 valence electrons. The summed E-state index contributed by atoms with van der Waals surface area (Å²) in [4.78, 5) is 0. The van der Waals surface area contributed by atoms with Gasteiger partial charge in [0, 0.05) is 0 Å². The van der Waals surface area contributed by atoms with Crippen LogP contribution in [0.3, 0.4) is 0 Å². The molecule has 0 heterocycles. The lowest BCUT2D eigenvalue weighted by Crippen LogP contribution is -1.67. The summed E-state index contributed by atoms with van der Waals surface area (Å²) in [6.07, 6.45) is 4.59. The zero-order valence-electron chi connectivity index (χ0n) is 6.78. The molecule has 0 unspecified atom stereocenters.